The van der Waals surface area contributed by atoms with Crippen LogP contribution >= 0.6 is 11.8 Å². The molecule has 2 heterocycles. The van der Waals surface area contributed by atoms with Crippen LogP contribution in [0.25, 0.3) is 0 Å². The van der Waals surface area contributed by atoms with E-state index in [2.05, 4.69) is 27.8 Å². The van der Waals surface area contributed by atoms with Crippen LogP contribution in [-0.2, 0) is 11.8 Å². The molecule has 138 valence electrons. The fraction of sp³-hybridized carbons (Fsp3) is 0.471. The third-order valence-corrected chi connectivity index (χ3v) is 5.28. The third kappa shape index (κ3) is 4.60. The van der Waals surface area contributed by atoms with E-state index >= 15 is 0 Å². The maximum Gasteiger partial charge on any atom is 0.253 e. The van der Waals surface area contributed by atoms with Crippen LogP contribution in [0.4, 0.5) is 5.69 Å². The van der Waals surface area contributed by atoms with Crippen molar-refractivity contribution in [3.05, 3.63) is 29.8 Å². The van der Waals surface area contributed by atoms with E-state index in [0.29, 0.717) is 22.3 Å². The second-order valence-electron chi connectivity index (χ2n) is 6.50. The number of carbonyl (C=O) groups excluding carboxylic acids is 2. The maximum atomic E-state index is 12.6. The van der Waals surface area contributed by atoms with Gasteiger partial charge in [-0.15, -0.1) is 5.10 Å². The van der Waals surface area contributed by atoms with Crippen LogP contribution in [-0.4, -0.2) is 55.8 Å². The second kappa shape index (κ2) is 8.31. The van der Waals surface area contributed by atoms with Crippen molar-refractivity contribution >= 4 is 29.3 Å². The number of likely N-dealkylation sites (tertiary alicyclic amines) is 1. The summed E-state index contributed by atoms with van der Waals surface area (Å²) < 4.78 is 1.51. The smallest absolute Gasteiger partial charge is 0.253 e. The molecular formula is C17H22N6O2S. The number of hydrogen-bond donors (Lipinski definition) is 1. The Balaban J connectivity index is 1.53. The van der Waals surface area contributed by atoms with Crippen LogP contribution in [0.1, 0.15) is 30.1 Å². The summed E-state index contributed by atoms with van der Waals surface area (Å²) in [6.07, 6.45) is 2.23. The summed E-state index contributed by atoms with van der Waals surface area (Å²) in [6, 6.07) is 7.04. The number of carbonyl (C=O) groups is 2. The van der Waals surface area contributed by atoms with Crippen molar-refractivity contribution in [3.63, 3.8) is 0 Å². The molecule has 2 amide bonds. The zero-order valence-corrected chi connectivity index (χ0v) is 15.7. The normalized spacial score (nSPS) is 17.2. The van der Waals surface area contributed by atoms with Crippen LogP contribution in [0, 0.1) is 5.92 Å². The quantitative estimate of drug-likeness (QED) is 0.803. The van der Waals surface area contributed by atoms with Gasteiger partial charge in [-0.2, -0.15) is 0 Å². The Morgan fingerprint density at radius 3 is 2.73 bits per heavy atom. The van der Waals surface area contributed by atoms with E-state index in [-0.39, 0.29) is 17.6 Å². The molecule has 0 aliphatic carbocycles. The number of amides is 2. The summed E-state index contributed by atoms with van der Waals surface area (Å²) in [5.41, 5.74) is 1.31. The first kappa shape index (κ1) is 18.4. The molecule has 3 rings (SSSR count). The standard InChI is InChI=1S/C17H22N6O2S/c1-12-4-3-9-23(10-12)16(25)13-5-7-14(8-6-13)18-15(24)11-26-17-19-20-21-22(17)2/h5-8,12H,3-4,9-11H2,1-2H3,(H,18,24). The minimum atomic E-state index is -0.151. The lowest BCUT2D eigenvalue weighted by Gasteiger charge is -2.31. The molecule has 8 nitrogen and oxygen atoms in total. The first-order valence-electron chi connectivity index (χ1n) is 8.57. The number of aryl methyl sites for hydroxylation is 1. The number of anilines is 1. The number of piperidine rings is 1. The minimum Gasteiger partial charge on any atom is -0.338 e. The minimum absolute atomic E-state index is 0.0553. The molecule has 2 aromatic rings. The Hall–Kier alpha value is -2.42. The van der Waals surface area contributed by atoms with E-state index in [9.17, 15) is 9.59 Å². The Bertz CT molecular complexity index is 776. The summed E-state index contributed by atoms with van der Waals surface area (Å²) in [7, 11) is 1.72. The molecule has 1 fully saturated rings. The first-order valence-corrected chi connectivity index (χ1v) is 9.56. The topological polar surface area (TPSA) is 93.0 Å². The van der Waals surface area contributed by atoms with E-state index in [1.54, 1.807) is 31.3 Å². The highest BCUT2D eigenvalue weighted by molar-refractivity contribution is 7.99. The number of nitrogens with zero attached hydrogens (tertiary/aromatic N) is 5. The monoisotopic (exact) mass is 374 g/mol. The number of rotatable bonds is 5. The molecule has 26 heavy (non-hydrogen) atoms. The highest BCUT2D eigenvalue weighted by atomic mass is 32.2. The predicted molar refractivity (Wildman–Crippen MR) is 98.9 cm³/mol. The van der Waals surface area contributed by atoms with E-state index < -0.39 is 0 Å². The van der Waals surface area contributed by atoms with Crippen molar-refractivity contribution in [2.45, 2.75) is 24.9 Å². The fourth-order valence-corrected chi connectivity index (χ4v) is 3.57. The van der Waals surface area contributed by atoms with Crippen LogP contribution < -0.4 is 5.32 Å². The number of thioether (sulfide) groups is 1. The van der Waals surface area contributed by atoms with Gasteiger partial charge in [0.05, 0.1) is 5.75 Å². The van der Waals surface area contributed by atoms with Crippen molar-refractivity contribution in [3.8, 4) is 0 Å². The van der Waals surface area contributed by atoms with Gasteiger partial charge in [-0.05, 0) is 53.5 Å². The molecule has 1 unspecified atom stereocenters. The summed E-state index contributed by atoms with van der Waals surface area (Å²) in [6.45, 7) is 3.80. The number of nitrogens with one attached hydrogen (secondary N) is 1. The lowest BCUT2D eigenvalue weighted by molar-refractivity contribution is -0.113. The number of benzene rings is 1. The molecule has 1 aliphatic heterocycles. The lowest BCUT2D eigenvalue weighted by atomic mass is 9.99. The molecule has 1 N–H and O–H groups in total. The van der Waals surface area contributed by atoms with Gasteiger partial charge in [0.15, 0.2) is 0 Å². The van der Waals surface area contributed by atoms with Gasteiger partial charge in [0, 0.05) is 31.4 Å². The molecule has 0 radical (unpaired) electrons. The maximum absolute atomic E-state index is 12.6. The molecule has 0 spiro atoms. The Kier molecular flexibility index (Phi) is 5.87. The number of aromatic nitrogens is 4. The van der Waals surface area contributed by atoms with Gasteiger partial charge in [-0.1, -0.05) is 18.7 Å². The van der Waals surface area contributed by atoms with Gasteiger partial charge >= 0.3 is 0 Å². The van der Waals surface area contributed by atoms with Gasteiger partial charge < -0.3 is 10.2 Å². The van der Waals surface area contributed by atoms with Crippen LogP contribution in [0.15, 0.2) is 29.4 Å². The molecule has 1 saturated heterocycles. The molecular weight excluding hydrogens is 352 g/mol. The summed E-state index contributed by atoms with van der Waals surface area (Å²) in [4.78, 5) is 26.5. The average molecular weight is 374 g/mol. The SMILES string of the molecule is CC1CCCN(C(=O)c2ccc(NC(=O)CSc3nnnn3C)cc2)C1. The molecule has 1 atom stereocenters. The highest BCUT2D eigenvalue weighted by Gasteiger charge is 2.21. The van der Waals surface area contributed by atoms with E-state index in [4.69, 9.17) is 0 Å². The van der Waals surface area contributed by atoms with E-state index in [1.807, 2.05) is 4.90 Å². The third-order valence-electron chi connectivity index (χ3n) is 4.27. The van der Waals surface area contributed by atoms with Gasteiger partial charge in [0.25, 0.3) is 5.91 Å². The van der Waals surface area contributed by atoms with Crippen LogP contribution in [0.5, 0.6) is 0 Å². The summed E-state index contributed by atoms with van der Waals surface area (Å²) in [5.74, 6) is 0.662. The lowest BCUT2D eigenvalue weighted by Crippen LogP contribution is -2.39. The van der Waals surface area contributed by atoms with E-state index in [0.717, 1.165) is 19.5 Å². The number of tetrazole rings is 1. The second-order valence-corrected chi connectivity index (χ2v) is 7.44. The van der Waals surface area contributed by atoms with Gasteiger partial charge in [0.1, 0.15) is 0 Å². The Morgan fingerprint density at radius 1 is 1.31 bits per heavy atom. The summed E-state index contributed by atoms with van der Waals surface area (Å²) >= 11 is 1.26. The molecule has 9 heteroatoms. The summed E-state index contributed by atoms with van der Waals surface area (Å²) in [5, 5.41) is 14.5. The van der Waals surface area contributed by atoms with Crippen molar-refractivity contribution in [2.24, 2.45) is 13.0 Å². The molecule has 1 aromatic heterocycles. The Morgan fingerprint density at radius 2 is 2.08 bits per heavy atom. The van der Waals surface area contributed by atoms with Crippen molar-refractivity contribution in [2.75, 3.05) is 24.2 Å². The van der Waals surface area contributed by atoms with E-state index in [1.165, 1.54) is 22.9 Å². The molecule has 1 aromatic carbocycles. The average Bonchev–Trinajstić information content (AvgIpc) is 3.05. The number of hydrogen-bond acceptors (Lipinski definition) is 6. The predicted octanol–water partition coefficient (Wildman–Crippen LogP) is 1.81. The van der Waals surface area contributed by atoms with Gasteiger partial charge in [-0.25, -0.2) is 4.68 Å². The van der Waals surface area contributed by atoms with Crippen LogP contribution in [0.3, 0.4) is 0 Å². The zero-order chi connectivity index (χ0) is 18.5. The van der Waals surface area contributed by atoms with Gasteiger partial charge in [-0.3, -0.25) is 9.59 Å². The molecule has 0 saturated carbocycles. The first-order chi connectivity index (χ1) is 12.5. The van der Waals surface area contributed by atoms with Crippen molar-refractivity contribution < 1.29 is 9.59 Å². The fourth-order valence-electron chi connectivity index (χ4n) is 2.92. The zero-order valence-electron chi connectivity index (χ0n) is 14.9. The van der Waals surface area contributed by atoms with Crippen molar-refractivity contribution in [1.29, 1.82) is 0 Å². The molecule has 1 aliphatic rings. The van der Waals surface area contributed by atoms with Crippen molar-refractivity contribution in [1.82, 2.24) is 25.1 Å². The van der Waals surface area contributed by atoms with Crippen LogP contribution in [0.2, 0.25) is 0 Å². The Labute approximate surface area is 156 Å². The highest BCUT2D eigenvalue weighted by Crippen LogP contribution is 2.19. The van der Waals surface area contributed by atoms with Gasteiger partial charge in [0.2, 0.25) is 11.1 Å². The largest absolute Gasteiger partial charge is 0.338 e. The molecule has 0 bridgehead atoms.